The molecule has 2 aromatic carbocycles. The van der Waals surface area contributed by atoms with Crippen molar-refractivity contribution in [1.82, 2.24) is 9.80 Å². The smallest absolute Gasteiger partial charge is 0.238 e. The first kappa shape index (κ1) is 20.1. The molecule has 0 aromatic heterocycles. The van der Waals surface area contributed by atoms with Gasteiger partial charge in [0.25, 0.3) is 0 Å². The molecular formula is C21H23ClFN3O3. The van der Waals surface area contributed by atoms with Crippen LogP contribution in [0.2, 0.25) is 5.02 Å². The number of carbonyl (C=O) groups is 1. The summed E-state index contributed by atoms with van der Waals surface area (Å²) in [5.74, 6) is 0.370. The summed E-state index contributed by atoms with van der Waals surface area (Å²) in [6.45, 7) is 5.04. The Kier molecular flexibility index (Phi) is 6.30. The quantitative estimate of drug-likeness (QED) is 0.807. The molecule has 4 rings (SSSR count). The second-order valence-electron chi connectivity index (χ2n) is 7.27. The molecule has 2 heterocycles. The van der Waals surface area contributed by atoms with E-state index in [1.54, 1.807) is 12.1 Å². The lowest BCUT2D eigenvalue weighted by atomic mass is 10.1. The predicted molar refractivity (Wildman–Crippen MR) is 108 cm³/mol. The fraction of sp³-hybridized carbons (Fsp3) is 0.381. The third-order valence-electron chi connectivity index (χ3n) is 5.09. The highest BCUT2D eigenvalue weighted by Crippen LogP contribution is 2.32. The first-order chi connectivity index (χ1) is 14.1. The van der Waals surface area contributed by atoms with Crippen LogP contribution in [0.15, 0.2) is 36.4 Å². The van der Waals surface area contributed by atoms with Gasteiger partial charge in [0.05, 0.1) is 13.2 Å². The molecule has 0 radical (unpaired) electrons. The van der Waals surface area contributed by atoms with Crippen LogP contribution < -0.4 is 10.1 Å². The van der Waals surface area contributed by atoms with E-state index in [9.17, 15) is 9.18 Å². The van der Waals surface area contributed by atoms with Gasteiger partial charge in [-0.3, -0.25) is 14.6 Å². The van der Waals surface area contributed by atoms with Gasteiger partial charge in [-0.05, 0) is 30.3 Å². The maximum absolute atomic E-state index is 13.2. The van der Waals surface area contributed by atoms with Crippen LogP contribution >= 0.6 is 11.6 Å². The number of amides is 1. The Morgan fingerprint density at radius 1 is 1.14 bits per heavy atom. The molecular weight excluding hydrogens is 397 g/mol. The van der Waals surface area contributed by atoms with E-state index in [0.717, 1.165) is 49.6 Å². The predicted octanol–water partition coefficient (Wildman–Crippen LogP) is 3.10. The monoisotopic (exact) mass is 419 g/mol. The maximum atomic E-state index is 13.2. The number of benzene rings is 2. The number of halogens is 2. The number of nitrogens with zero attached hydrogens (tertiary/aromatic N) is 2. The molecule has 29 heavy (non-hydrogen) atoms. The van der Waals surface area contributed by atoms with Crippen LogP contribution in [0, 0.1) is 5.82 Å². The summed E-state index contributed by atoms with van der Waals surface area (Å²) < 4.78 is 24.3. The molecule has 2 aliphatic heterocycles. The topological polar surface area (TPSA) is 54.0 Å². The van der Waals surface area contributed by atoms with Crippen LogP contribution in [0.4, 0.5) is 10.1 Å². The van der Waals surface area contributed by atoms with Gasteiger partial charge < -0.3 is 14.8 Å². The van der Waals surface area contributed by atoms with Gasteiger partial charge >= 0.3 is 0 Å². The van der Waals surface area contributed by atoms with Crippen molar-refractivity contribution in [3.63, 3.8) is 0 Å². The van der Waals surface area contributed by atoms with Gasteiger partial charge in [0.2, 0.25) is 5.91 Å². The SMILES string of the molecule is O=C(CN1CCN(Cc2cc(Cl)cc3c2OCOC3)CC1)Nc1cccc(F)c1. The van der Waals surface area contributed by atoms with E-state index in [0.29, 0.717) is 17.3 Å². The maximum Gasteiger partial charge on any atom is 0.238 e. The number of carbonyl (C=O) groups excluding carboxylic acids is 1. The molecule has 0 unspecified atom stereocenters. The average Bonchev–Trinajstić information content (AvgIpc) is 2.69. The highest BCUT2D eigenvalue weighted by molar-refractivity contribution is 6.30. The molecule has 2 aliphatic rings. The normalized spacial score (nSPS) is 17.4. The second kappa shape index (κ2) is 9.09. The number of fused-ring (bicyclic) bond motifs is 1. The van der Waals surface area contributed by atoms with Gasteiger partial charge in [0.15, 0.2) is 6.79 Å². The molecule has 1 amide bonds. The van der Waals surface area contributed by atoms with Crippen molar-refractivity contribution >= 4 is 23.2 Å². The number of hydrogen-bond donors (Lipinski definition) is 1. The molecule has 0 aliphatic carbocycles. The van der Waals surface area contributed by atoms with Crippen LogP contribution in [-0.4, -0.2) is 55.2 Å². The van der Waals surface area contributed by atoms with Gasteiger partial charge in [0, 0.05) is 54.6 Å². The van der Waals surface area contributed by atoms with Crippen molar-refractivity contribution < 1.29 is 18.7 Å². The van der Waals surface area contributed by atoms with Crippen molar-refractivity contribution in [2.75, 3.05) is 44.8 Å². The third kappa shape index (κ3) is 5.25. The molecule has 1 N–H and O–H groups in total. The van der Waals surface area contributed by atoms with E-state index in [2.05, 4.69) is 15.1 Å². The van der Waals surface area contributed by atoms with E-state index < -0.39 is 0 Å². The molecule has 8 heteroatoms. The summed E-state index contributed by atoms with van der Waals surface area (Å²) in [4.78, 5) is 16.7. The van der Waals surface area contributed by atoms with E-state index >= 15 is 0 Å². The molecule has 1 saturated heterocycles. The summed E-state index contributed by atoms with van der Waals surface area (Å²) in [6.07, 6.45) is 0. The lowest BCUT2D eigenvalue weighted by molar-refractivity contribution is -0.117. The van der Waals surface area contributed by atoms with E-state index in [1.165, 1.54) is 12.1 Å². The largest absolute Gasteiger partial charge is 0.467 e. The van der Waals surface area contributed by atoms with E-state index in [1.807, 2.05) is 12.1 Å². The van der Waals surface area contributed by atoms with Crippen LogP contribution in [0.25, 0.3) is 0 Å². The lowest BCUT2D eigenvalue weighted by Gasteiger charge is -2.35. The van der Waals surface area contributed by atoms with Crippen LogP contribution in [0.3, 0.4) is 0 Å². The molecule has 6 nitrogen and oxygen atoms in total. The second-order valence-corrected chi connectivity index (χ2v) is 7.71. The van der Waals surface area contributed by atoms with Gasteiger partial charge in [-0.2, -0.15) is 0 Å². The van der Waals surface area contributed by atoms with Crippen molar-refractivity contribution in [3.05, 3.63) is 58.4 Å². The fourth-order valence-corrected chi connectivity index (χ4v) is 3.95. The van der Waals surface area contributed by atoms with Crippen molar-refractivity contribution in [1.29, 1.82) is 0 Å². The Morgan fingerprint density at radius 3 is 2.72 bits per heavy atom. The highest BCUT2D eigenvalue weighted by atomic mass is 35.5. The zero-order chi connectivity index (χ0) is 20.2. The Balaban J connectivity index is 1.29. The summed E-state index contributed by atoms with van der Waals surface area (Å²) in [5.41, 5.74) is 2.52. The van der Waals surface area contributed by atoms with Crippen molar-refractivity contribution in [2.45, 2.75) is 13.2 Å². The number of nitrogens with one attached hydrogen (secondary N) is 1. The van der Waals surface area contributed by atoms with Gasteiger partial charge in [-0.25, -0.2) is 4.39 Å². The number of anilines is 1. The van der Waals surface area contributed by atoms with Crippen LogP contribution in [0.5, 0.6) is 5.75 Å². The van der Waals surface area contributed by atoms with Gasteiger partial charge in [-0.1, -0.05) is 17.7 Å². The molecule has 0 bridgehead atoms. The van der Waals surface area contributed by atoms with Crippen LogP contribution in [0.1, 0.15) is 11.1 Å². The minimum atomic E-state index is -0.366. The summed E-state index contributed by atoms with van der Waals surface area (Å²) >= 11 is 6.25. The molecule has 0 spiro atoms. The molecule has 2 aromatic rings. The van der Waals surface area contributed by atoms with E-state index in [-0.39, 0.29) is 25.1 Å². The summed E-state index contributed by atoms with van der Waals surface area (Å²) in [5, 5.41) is 3.43. The lowest BCUT2D eigenvalue weighted by Crippen LogP contribution is -2.48. The minimum Gasteiger partial charge on any atom is -0.467 e. The fourth-order valence-electron chi connectivity index (χ4n) is 3.69. The Hall–Kier alpha value is -2.19. The zero-order valence-electron chi connectivity index (χ0n) is 16.0. The highest BCUT2D eigenvalue weighted by Gasteiger charge is 2.22. The summed E-state index contributed by atoms with van der Waals surface area (Å²) in [6, 6.07) is 9.75. The number of hydrogen-bond acceptors (Lipinski definition) is 5. The van der Waals surface area contributed by atoms with Crippen LogP contribution in [-0.2, 0) is 22.7 Å². The van der Waals surface area contributed by atoms with Gasteiger partial charge in [0.1, 0.15) is 11.6 Å². The average molecular weight is 420 g/mol. The minimum absolute atomic E-state index is 0.138. The molecule has 1 fully saturated rings. The Bertz CT molecular complexity index is 887. The third-order valence-corrected chi connectivity index (χ3v) is 5.30. The number of rotatable bonds is 5. The van der Waals surface area contributed by atoms with Crippen molar-refractivity contribution in [2.24, 2.45) is 0 Å². The first-order valence-corrected chi connectivity index (χ1v) is 9.96. The first-order valence-electron chi connectivity index (χ1n) is 9.59. The summed E-state index contributed by atoms with van der Waals surface area (Å²) in [7, 11) is 0. The Labute approximate surface area is 174 Å². The molecule has 0 saturated carbocycles. The zero-order valence-corrected chi connectivity index (χ0v) is 16.8. The van der Waals surface area contributed by atoms with E-state index in [4.69, 9.17) is 21.1 Å². The molecule has 154 valence electrons. The van der Waals surface area contributed by atoms with Crippen molar-refractivity contribution in [3.8, 4) is 5.75 Å². The number of piperazine rings is 1. The standard InChI is InChI=1S/C21H23ClFN3O3/c22-17-8-15(21-16(9-17)13-28-14-29-21)11-25-4-6-26(7-5-25)12-20(27)24-19-3-1-2-18(23)10-19/h1-3,8-10H,4-7,11-14H2,(H,24,27). The Morgan fingerprint density at radius 2 is 1.93 bits per heavy atom. The number of ether oxygens (including phenoxy) is 2. The molecule has 0 atom stereocenters. The van der Waals surface area contributed by atoms with Gasteiger partial charge in [-0.15, -0.1) is 0 Å².